The Labute approximate surface area is 119 Å². The number of carbonyl (C=O) groups excluding carboxylic acids is 1. The summed E-state index contributed by atoms with van der Waals surface area (Å²) in [6.07, 6.45) is 0.731. The molecule has 0 saturated carbocycles. The number of rotatable bonds is 1. The summed E-state index contributed by atoms with van der Waals surface area (Å²) in [6.45, 7) is 7.10. The van der Waals surface area contributed by atoms with Crippen molar-refractivity contribution in [3.05, 3.63) is 15.0 Å². The summed E-state index contributed by atoms with van der Waals surface area (Å²) < 4.78 is 6.27. The lowest BCUT2D eigenvalue weighted by molar-refractivity contribution is 0.0292. The Hall–Kier alpha value is -0.620. The molecule has 0 N–H and O–H groups in total. The molecule has 1 aliphatic rings. The fourth-order valence-electron chi connectivity index (χ4n) is 1.94. The standard InChI is InChI=1S/C12H17BrN2O2S/c1-12(2,3)17-11(16)15-5-4-8(6-15)9-7-18-10(13)14-9/h7-8H,4-6H2,1-3H3. The zero-order valence-corrected chi connectivity index (χ0v) is 13.2. The molecule has 100 valence electrons. The van der Waals surface area contributed by atoms with Crippen LogP contribution in [0.25, 0.3) is 0 Å². The number of hydrogen-bond donors (Lipinski definition) is 0. The SMILES string of the molecule is CC(C)(C)OC(=O)N1CCC(c2csc(Br)n2)C1. The average molecular weight is 333 g/mol. The number of carbonyl (C=O) groups is 1. The van der Waals surface area contributed by atoms with Crippen molar-refractivity contribution in [1.82, 2.24) is 9.88 Å². The van der Waals surface area contributed by atoms with Gasteiger partial charge >= 0.3 is 6.09 Å². The van der Waals surface area contributed by atoms with E-state index < -0.39 is 5.60 Å². The van der Waals surface area contributed by atoms with Crippen LogP contribution in [0.5, 0.6) is 0 Å². The van der Waals surface area contributed by atoms with Gasteiger partial charge in [-0.25, -0.2) is 9.78 Å². The second-order valence-electron chi connectivity index (χ2n) is 5.44. The maximum Gasteiger partial charge on any atom is 0.410 e. The van der Waals surface area contributed by atoms with E-state index >= 15 is 0 Å². The van der Waals surface area contributed by atoms with E-state index in [0.717, 1.165) is 22.6 Å². The van der Waals surface area contributed by atoms with Crippen LogP contribution >= 0.6 is 27.3 Å². The topological polar surface area (TPSA) is 42.4 Å². The first-order chi connectivity index (χ1) is 8.35. The molecule has 0 bridgehead atoms. The summed E-state index contributed by atoms with van der Waals surface area (Å²) >= 11 is 4.95. The quantitative estimate of drug-likeness (QED) is 0.788. The lowest BCUT2D eigenvalue weighted by Gasteiger charge is -2.24. The van der Waals surface area contributed by atoms with Gasteiger partial charge in [0, 0.05) is 24.4 Å². The molecule has 0 spiro atoms. The fourth-order valence-corrected chi connectivity index (χ4v) is 3.05. The highest BCUT2D eigenvalue weighted by molar-refractivity contribution is 9.11. The number of aromatic nitrogens is 1. The molecule has 1 unspecified atom stereocenters. The number of amides is 1. The third kappa shape index (κ3) is 3.45. The summed E-state index contributed by atoms with van der Waals surface area (Å²) in [5, 5.41) is 2.05. The van der Waals surface area contributed by atoms with E-state index in [2.05, 4.69) is 20.9 Å². The van der Waals surface area contributed by atoms with Crippen LogP contribution in [0.1, 0.15) is 38.8 Å². The number of likely N-dealkylation sites (tertiary alicyclic amines) is 1. The van der Waals surface area contributed by atoms with Crippen molar-refractivity contribution in [2.45, 2.75) is 38.7 Å². The largest absolute Gasteiger partial charge is 0.444 e. The third-order valence-electron chi connectivity index (χ3n) is 2.75. The molecule has 1 amide bonds. The minimum Gasteiger partial charge on any atom is -0.444 e. The van der Waals surface area contributed by atoms with Crippen LogP contribution in [0.2, 0.25) is 0 Å². The second-order valence-corrected chi connectivity index (χ2v) is 7.57. The molecule has 1 aromatic rings. The number of hydrogen-bond acceptors (Lipinski definition) is 4. The number of thiazole rings is 1. The number of halogens is 1. The number of ether oxygens (including phenoxy) is 1. The van der Waals surface area contributed by atoms with Gasteiger partial charge in [-0.05, 0) is 43.1 Å². The number of nitrogens with zero attached hydrogens (tertiary/aromatic N) is 2. The second kappa shape index (κ2) is 5.17. The molecule has 18 heavy (non-hydrogen) atoms. The van der Waals surface area contributed by atoms with Crippen LogP contribution in [0.4, 0.5) is 4.79 Å². The zero-order chi connectivity index (χ0) is 13.3. The van der Waals surface area contributed by atoms with E-state index in [4.69, 9.17) is 4.74 Å². The molecule has 2 rings (SSSR count). The Morgan fingerprint density at radius 1 is 1.61 bits per heavy atom. The van der Waals surface area contributed by atoms with E-state index in [9.17, 15) is 4.79 Å². The summed E-state index contributed by atoms with van der Waals surface area (Å²) in [6, 6.07) is 0. The monoisotopic (exact) mass is 332 g/mol. The Bertz CT molecular complexity index is 442. The molecule has 0 radical (unpaired) electrons. The maximum atomic E-state index is 11.9. The first-order valence-corrected chi connectivity index (χ1v) is 7.61. The van der Waals surface area contributed by atoms with Gasteiger partial charge in [-0.1, -0.05) is 0 Å². The molecule has 1 aromatic heterocycles. The van der Waals surface area contributed by atoms with Crippen LogP contribution in [-0.4, -0.2) is 34.7 Å². The Balaban J connectivity index is 1.94. The van der Waals surface area contributed by atoms with Crippen molar-refractivity contribution in [1.29, 1.82) is 0 Å². The molecule has 1 fully saturated rings. The van der Waals surface area contributed by atoms with Gasteiger partial charge in [-0.2, -0.15) is 0 Å². The maximum absolute atomic E-state index is 11.9. The van der Waals surface area contributed by atoms with Gasteiger partial charge in [-0.3, -0.25) is 0 Å². The molecule has 1 saturated heterocycles. The smallest absolute Gasteiger partial charge is 0.410 e. The average Bonchev–Trinajstić information content (AvgIpc) is 2.82. The van der Waals surface area contributed by atoms with Crippen molar-refractivity contribution >= 4 is 33.4 Å². The Morgan fingerprint density at radius 2 is 2.33 bits per heavy atom. The van der Waals surface area contributed by atoms with Crippen LogP contribution < -0.4 is 0 Å². The summed E-state index contributed by atoms with van der Waals surface area (Å²) in [7, 11) is 0. The molecule has 1 aliphatic heterocycles. The lowest BCUT2D eigenvalue weighted by Crippen LogP contribution is -2.35. The van der Waals surface area contributed by atoms with Crippen molar-refractivity contribution < 1.29 is 9.53 Å². The van der Waals surface area contributed by atoms with Gasteiger partial charge in [0.05, 0.1) is 5.69 Å². The minimum atomic E-state index is -0.432. The molecular formula is C12H17BrN2O2S. The normalized spacial score (nSPS) is 20.2. The van der Waals surface area contributed by atoms with Crippen molar-refractivity contribution in [2.24, 2.45) is 0 Å². The third-order valence-corrected chi connectivity index (χ3v) is 4.14. The van der Waals surface area contributed by atoms with Crippen LogP contribution in [0.3, 0.4) is 0 Å². The van der Waals surface area contributed by atoms with Crippen molar-refractivity contribution in [2.75, 3.05) is 13.1 Å². The van der Waals surface area contributed by atoms with Gasteiger partial charge in [0.1, 0.15) is 5.60 Å². The Morgan fingerprint density at radius 3 is 2.89 bits per heavy atom. The molecule has 0 aromatic carbocycles. The highest BCUT2D eigenvalue weighted by atomic mass is 79.9. The zero-order valence-electron chi connectivity index (χ0n) is 10.8. The van der Waals surface area contributed by atoms with Gasteiger partial charge in [0.2, 0.25) is 0 Å². The van der Waals surface area contributed by atoms with Gasteiger partial charge in [-0.15, -0.1) is 11.3 Å². The highest BCUT2D eigenvalue weighted by Gasteiger charge is 2.31. The van der Waals surface area contributed by atoms with Crippen LogP contribution in [0, 0.1) is 0 Å². The fraction of sp³-hybridized carbons (Fsp3) is 0.667. The molecule has 4 nitrogen and oxygen atoms in total. The highest BCUT2D eigenvalue weighted by Crippen LogP contribution is 2.30. The van der Waals surface area contributed by atoms with Gasteiger partial charge in [0.15, 0.2) is 3.92 Å². The summed E-state index contributed by atoms with van der Waals surface area (Å²) in [4.78, 5) is 18.1. The van der Waals surface area contributed by atoms with Gasteiger partial charge in [0.25, 0.3) is 0 Å². The van der Waals surface area contributed by atoms with E-state index in [1.807, 2.05) is 26.2 Å². The van der Waals surface area contributed by atoms with E-state index in [1.165, 1.54) is 0 Å². The Kier molecular flexibility index (Phi) is 3.96. The lowest BCUT2D eigenvalue weighted by atomic mass is 10.1. The predicted molar refractivity (Wildman–Crippen MR) is 75.0 cm³/mol. The van der Waals surface area contributed by atoms with Crippen molar-refractivity contribution in [3.8, 4) is 0 Å². The first-order valence-electron chi connectivity index (χ1n) is 5.94. The van der Waals surface area contributed by atoms with Crippen molar-refractivity contribution in [3.63, 3.8) is 0 Å². The summed E-state index contributed by atoms with van der Waals surface area (Å²) in [5.74, 6) is 0.333. The molecule has 1 atom stereocenters. The minimum absolute atomic E-state index is 0.223. The first kappa shape index (κ1) is 13.8. The molecule has 6 heteroatoms. The van der Waals surface area contributed by atoms with Crippen LogP contribution in [0.15, 0.2) is 9.30 Å². The molecule has 2 heterocycles. The molecule has 0 aliphatic carbocycles. The van der Waals surface area contributed by atoms with Gasteiger partial charge < -0.3 is 9.64 Å². The van der Waals surface area contributed by atoms with Crippen LogP contribution in [-0.2, 0) is 4.74 Å². The van der Waals surface area contributed by atoms with E-state index in [-0.39, 0.29) is 6.09 Å². The van der Waals surface area contributed by atoms with E-state index in [0.29, 0.717) is 12.5 Å². The molecular weight excluding hydrogens is 316 g/mol. The summed E-state index contributed by atoms with van der Waals surface area (Å²) in [5.41, 5.74) is 0.636. The predicted octanol–water partition coefficient (Wildman–Crippen LogP) is 3.63. The van der Waals surface area contributed by atoms with E-state index in [1.54, 1.807) is 16.2 Å².